The number of hydrogen-bond acceptors (Lipinski definition) is 7. The summed E-state index contributed by atoms with van der Waals surface area (Å²) in [5.41, 5.74) is -0.555. The summed E-state index contributed by atoms with van der Waals surface area (Å²) in [6.07, 6.45) is 0. The number of esters is 1. The first-order valence-electron chi connectivity index (χ1n) is 9.00. The number of nitrogens with zero attached hydrogens (tertiary/aromatic N) is 3. The summed E-state index contributed by atoms with van der Waals surface area (Å²) in [6.45, 7) is 4.71. The van der Waals surface area contributed by atoms with Crippen molar-refractivity contribution in [1.82, 2.24) is 5.06 Å². The number of ether oxygens (including phenoxy) is 1. The molecule has 0 radical (unpaired) electrons. The summed E-state index contributed by atoms with van der Waals surface area (Å²) in [5.74, 6) is -0.929. The molecule has 0 bridgehead atoms. The largest absolute Gasteiger partial charge is 0.455 e. The van der Waals surface area contributed by atoms with Gasteiger partial charge in [-0.3, -0.25) is 5.21 Å². The van der Waals surface area contributed by atoms with Crippen molar-refractivity contribution < 1.29 is 14.7 Å². The third-order valence-electron chi connectivity index (χ3n) is 4.11. The highest BCUT2D eigenvalue weighted by atomic mass is 35.5. The maximum Gasteiger partial charge on any atom is 0.363 e. The highest BCUT2D eigenvalue weighted by molar-refractivity contribution is 6.32. The Morgan fingerprint density at radius 1 is 1.20 bits per heavy atom. The number of nitroso groups, excluding NO2 is 1. The number of benzene rings is 2. The number of halogens is 2. The Balaban J connectivity index is 2.31. The maximum absolute atomic E-state index is 12.5. The standard InChI is InChI=1S/C21H19Cl2N3O4/c1-21(2,3)30-20(27)18(25-28)17-11-26(29)19(13-6-4-5-7-15(13)23)14-10-12(22)8-9-16(14)24-17/h4-10,29H,11H2,1-3H3/b18-17+. The van der Waals surface area contributed by atoms with Gasteiger partial charge in [0.05, 0.1) is 23.3 Å². The van der Waals surface area contributed by atoms with Crippen molar-refractivity contribution in [2.24, 2.45) is 10.2 Å². The van der Waals surface area contributed by atoms with E-state index in [2.05, 4.69) is 10.2 Å². The van der Waals surface area contributed by atoms with E-state index >= 15 is 0 Å². The van der Waals surface area contributed by atoms with Crippen LogP contribution >= 0.6 is 23.2 Å². The third-order valence-corrected chi connectivity index (χ3v) is 4.68. The molecule has 7 nitrogen and oxygen atoms in total. The summed E-state index contributed by atoms with van der Waals surface area (Å²) in [4.78, 5) is 28.4. The first-order chi connectivity index (χ1) is 14.1. The monoisotopic (exact) mass is 447 g/mol. The Hall–Kier alpha value is -2.74. The Labute approximate surface area is 182 Å². The van der Waals surface area contributed by atoms with E-state index in [1.807, 2.05) is 0 Å². The average Bonchev–Trinajstić information content (AvgIpc) is 2.77. The van der Waals surface area contributed by atoms with Gasteiger partial charge >= 0.3 is 5.97 Å². The smallest absolute Gasteiger partial charge is 0.363 e. The average molecular weight is 448 g/mol. The summed E-state index contributed by atoms with van der Waals surface area (Å²) in [7, 11) is 0. The van der Waals surface area contributed by atoms with Crippen LogP contribution in [0.4, 0.5) is 0 Å². The number of rotatable bonds is 3. The third kappa shape index (κ3) is 4.70. The molecule has 0 fully saturated rings. The Morgan fingerprint density at radius 3 is 2.53 bits per heavy atom. The molecule has 0 amide bonds. The molecule has 0 atom stereocenters. The Bertz CT molecular complexity index is 1170. The highest BCUT2D eigenvalue weighted by Crippen LogP contribution is 2.26. The number of carbonyl (C=O) groups is 1. The van der Waals surface area contributed by atoms with E-state index in [0.717, 1.165) is 5.06 Å². The normalized spacial score (nSPS) is 15.7. The zero-order chi connectivity index (χ0) is 22.1. The van der Waals surface area contributed by atoms with Crippen molar-refractivity contribution in [3.63, 3.8) is 0 Å². The van der Waals surface area contributed by atoms with Crippen molar-refractivity contribution in [3.8, 4) is 0 Å². The van der Waals surface area contributed by atoms with Gasteiger partial charge in [0.2, 0.25) is 5.70 Å². The lowest BCUT2D eigenvalue weighted by atomic mass is 10.1. The molecule has 1 aliphatic rings. The summed E-state index contributed by atoms with van der Waals surface area (Å²) >= 11 is 12.5. The fraction of sp³-hybridized carbons (Fsp3) is 0.238. The van der Waals surface area contributed by atoms with Crippen LogP contribution in [0.2, 0.25) is 10.0 Å². The summed E-state index contributed by atoms with van der Waals surface area (Å²) in [6, 6.07) is 11.8. The van der Waals surface area contributed by atoms with E-state index in [0.29, 0.717) is 31.9 Å². The molecule has 1 heterocycles. The van der Waals surface area contributed by atoms with Crippen molar-refractivity contribution >= 4 is 34.9 Å². The lowest BCUT2D eigenvalue weighted by molar-refractivity contribution is -0.150. The van der Waals surface area contributed by atoms with Gasteiger partial charge in [-0.05, 0) is 50.2 Å². The van der Waals surface area contributed by atoms with Crippen LogP contribution in [0.15, 0.2) is 64.0 Å². The first-order valence-corrected chi connectivity index (χ1v) is 9.76. The molecular formula is C21H19Cl2N3O4. The topological polar surface area (TPSA) is 91.6 Å². The van der Waals surface area contributed by atoms with Crippen molar-refractivity contribution in [2.45, 2.75) is 26.4 Å². The molecule has 9 heteroatoms. The van der Waals surface area contributed by atoms with E-state index in [-0.39, 0.29) is 12.2 Å². The lowest BCUT2D eigenvalue weighted by Crippen LogP contribution is -2.32. The zero-order valence-electron chi connectivity index (χ0n) is 16.5. The van der Waals surface area contributed by atoms with Crippen LogP contribution in [0, 0.1) is 4.91 Å². The predicted octanol–water partition coefficient (Wildman–Crippen LogP) is 3.79. The van der Waals surface area contributed by atoms with Crippen LogP contribution < -0.4 is 10.6 Å². The molecule has 0 aromatic heterocycles. The van der Waals surface area contributed by atoms with Crippen molar-refractivity contribution in [3.05, 3.63) is 85.0 Å². The van der Waals surface area contributed by atoms with E-state index in [4.69, 9.17) is 27.9 Å². The fourth-order valence-electron chi connectivity index (χ4n) is 2.94. The molecular weight excluding hydrogens is 429 g/mol. The van der Waals surface area contributed by atoms with Gasteiger partial charge < -0.3 is 4.74 Å². The Kier molecular flexibility index (Phi) is 6.26. The van der Waals surface area contributed by atoms with Crippen LogP contribution in [0.1, 0.15) is 26.3 Å². The number of fused-ring (bicyclic) bond motifs is 1. The quantitative estimate of drug-likeness (QED) is 0.438. The molecule has 30 heavy (non-hydrogen) atoms. The molecule has 2 aromatic carbocycles. The molecule has 2 aromatic rings. The lowest BCUT2D eigenvalue weighted by Gasteiger charge is -2.22. The van der Waals surface area contributed by atoms with Gasteiger partial charge in [0, 0.05) is 20.8 Å². The molecule has 0 saturated carbocycles. The van der Waals surface area contributed by atoms with E-state index in [1.165, 1.54) is 0 Å². The molecule has 0 aliphatic carbocycles. The van der Waals surface area contributed by atoms with E-state index < -0.39 is 17.3 Å². The second kappa shape index (κ2) is 8.55. The minimum Gasteiger partial charge on any atom is -0.455 e. The highest BCUT2D eigenvalue weighted by Gasteiger charge is 2.27. The van der Waals surface area contributed by atoms with Gasteiger partial charge in [0.1, 0.15) is 5.60 Å². The van der Waals surface area contributed by atoms with Crippen LogP contribution in [0.3, 0.4) is 0 Å². The maximum atomic E-state index is 12.5. The van der Waals surface area contributed by atoms with Crippen molar-refractivity contribution in [2.75, 3.05) is 6.54 Å². The van der Waals surface area contributed by atoms with Gasteiger partial charge in [-0.1, -0.05) is 41.4 Å². The van der Waals surface area contributed by atoms with Crippen LogP contribution in [-0.2, 0) is 9.53 Å². The summed E-state index contributed by atoms with van der Waals surface area (Å²) in [5, 5.41) is 16.3. The van der Waals surface area contributed by atoms with Gasteiger partial charge in [0.15, 0.2) is 0 Å². The molecule has 1 aliphatic heterocycles. The van der Waals surface area contributed by atoms with E-state index in [9.17, 15) is 14.9 Å². The molecule has 0 spiro atoms. The number of hydrogen-bond donors (Lipinski definition) is 1. The minimum absolute atomic E-state index is 0.0487. The summed E-state index contributed by atoms with van der Waals surface area (Å²) < 4.78 is 5.26. The van der Waals surface area contributed by atoms with E-state index in [1.54, 1.807) is 63.2 Å². The van der Waals surface area contributed by atoms with Gasteiger partial charge in [-0.2, -0.15) is 0 Å². The van der Waals surface area contributed by atoms with Crippen LogP contribution in [0.5, 0.6) is 0 Å². The van der Waals surface area contributed by atoms with Crippen LogP contribution in [-0.4, -0.2) is 28.4 Å². The van der Waals surface area contributed by atoms with Crippen molar-refractivity contribution in [1.29, 1.82) is 0 Å². The SMILES string of the molecule is CC(C)(C)OC(=O)/C(N=O)=C1/CN(O)C(c2ccccc2Cl)=c2cc(Cl)ccc2=N1. The zero-order valence-corrected chi connectivity index (χ0v) is 18.0. The second-order valence-electron chi connectivity index (χ2n) is 7.55. The minimum atomic E-state index is -0.929. The molecule has 0 saturated heterocycles. The molecule has 1 N–H and O–H groups in total. The van der Waals surface area contributed by atoms with Crippen LogP contribution in [0.25, 0.3) is 5.70 Å². The first kappa shape index (κ1) is 22.0. The Morgan fingerprint density at radius 2 is 1.90 bits per heavy atom. The number of hydroxylamine groups is 2. The van der Waals surface area contributed by atoms with Gasteiger partial charge in [-0.25, -0.2) is 14.9 Å². The molecule has 0 unspecified atom stereocenters. The predicted molar refractivity (Wildman–Crippen MR) is 113 cm³/mol. The van der Waals surface area contributed by atoms with Gasteiger partial charge in [-0.15, -0.1) is 4.91 Å². The second-order valence-corrected chi connectivity index (χ2v) is 8.39. The fourth-order valence-corrected chi connectivity index (χ4v) is 3.33. The molecule has 156 valence electrons. The number of carbonyl (C=O) groups excluding carboxylic acids is 1. The molecule has 3 rings (SSSR count). The van der Waals surface area contributed by atoms with Gasteiger partial charge in [0.25, 0.3) is 0 Å².